The highest BCUT2D eigenvalue weighted by Crippen LogP contribution is 2.17. The summed E-state index contributed by atoms with van der Waals surface area (Å²) in [5.41, 5.74) is 5.21. The molecule has 0 saturated carbocycles. The van der Waals surface area contributed by atoms with Gasteiger partial charge in [-0.25, -0.2) is 4.79 Å². The number of nitrogens with one attached hydrogen (secondary N) is 1. The zero-order valence-corrected chi connectivity index (χ0v) is 10.7. The predicted molar refractivity (Wildman–Crippen MR) is 61.7 cm³/mol. The predicted octanol–water partition coefficient (Wildman–Crippen LogP) is 1.88. The normalized spacial score (nSPS) is 14.6. The fourth-order valence-corrected chi connectivity index (χ4v) is 0.775. The Morgan fingerprint density at radius 1 is 1.33 bits per heavy atom. The van der Waals surface area contributed by atoms with E-state index in [4.69, 9.17) is 10.5 Å². The number of hydrogen-bond acceptors (Lipinski definition) is 3. The Morgan fingerprint density at radius 2 is 1.80 bits per heavy atom. The van der Waals surface area contributed by atoms with Gasteiger partial charge >= 0.3 is 6.09 Å². The molecular weight excluding hydrogens is 192 g/mol. The van der Waals surface area contributed by atoms with E-state index in [1.165, 1.54) is 0 Å². The molecule has 0 aliphatic carbocycles. The summed E-state index contributed by atoms with van der Waals surface area (Å²) in [6, 6.07) is 0.0208. The molecular formula is C11H24N2O2. The van der Waals surface area contributed by atoms with E-state index < -0.39 is 11.7 Å². The average Bonchev–Trinajstić information content (AvgIpc) is 1.97. The molecule has 4 heteroatoms. The summed E-state index contributed by atoms with van der Waals surface area (Å²) in [6.45, 7) is 12.0. The summed E-state index contributed by atoms with van der Waals surface area (Å²) in [5, 5.41) is 2.72. The van der Waals surface area contributed by atoms with Crippen LogP contribution in [-0.4, -0.2) is 24.3 Å². The van der Waals surface area contributed by atoms with E-state index in [9.17, 15) is 4.79 Å². The summed E-state index contributed by atoms with van der Waals surface area (Å²) in [6.07, 6.45) is -0.392. The Bertz CT molecular complexity index is 217. The molecule has 0 fully saturated rings. The van der Waals surface area contributed by atoms with Crippen LogP contribution in [0.3, 0.4) is 0 Å². The molecule has 0 aromatic rings. The third-order valence-corrected chi connectivity index (χ3v) is 2.32. The van der Waals surface area contributed by atoms with Crippen molar-refractivity contribution in [1.82, 2.24) is 5.32 Å². The van der Waals surface area contributed by atoms with Crippen LogP contribution in [0.25, 0.3) is 0 Å². The number of hydrogen-bond donors (Lipinski definition) is 2. The molecule has 3 N–H and O–H groups in total. The van der Waals surface area contributed by atoms with E-state index in [0.717, 1.165) is 0 Å². The second-order valence-corrected chi connectivity index (χ2v) is 5.63. The van der Waals surface area contributed by atoms with Crippen molar-refractivity contribution in [1.29, 1.82) is 0 Å². The van der Waals surface area contributed by atoms with Crippen LogP contribution < -0.4 is 11.1 Å². The Kier molecular flexibility index (Phi) is 4.59. The number of amides is 1. The van der Waals surface area contributed by atoms with E-state index in [1.54, 1.807) is 0 Å². The summed E-state index contributed by atoms with van der Waals surface area (Å²) in [7, 11) is 0. The van der Waals surface area contributed by atoms with Gasteiger partial charge in [-0.2, -0.15) is 0 Å². The van der Waals surface area contributed by atoms with Crippen LogP contribution in [0, 0.1) is 5.41 Å². The highest BCUT2D eigenvalue weighted by atomic mass is 16.6. The highest BCUT2D eigenvalue weighted by Gasteiger charge is 2.24. The average molecular weight is 216 g/mol. The van der Waals surface area contributed by atoms with Gasteiger partial charge in [-0.3, -0.25) is 0 Å². The Hall–Kier alpha value is -0.770. The van der Waals surface area contributed by atoms with Crippen molar-refractivity contribution in [3.8, 4) is 0 Å². The second kappa shape index (κ2) is 4.84. The molecule has 4 nitrogen and oxygen atoms in total. The van der Waals surface area contributed by atoms with Crippen molar-refractivity contribution in [3.63, 3.8) is 0 Å². The van der Waals surface area contributed by atoms with Gasteiger partial charge in [-0.15, -0.1) is 0 Å². The lowest BCUT2D eigenvalue weighted by molar-refractivity contribution is 0.0502. The van der Waals surface area contributed by atoms with Crippen molar-refractivity contribution in [2.24, 2.45) is 11.1 Å². The van der Waals surface area contributed by atoms with Crippen LogP contribution in [0.4, 0.5) is 4.79 Å². The monoisotopic (exact) mass is 216 g/mol. The zero-order valence-electron chi connectivity index (χ0n) is 10.7. The lowest BCUT2D eigenvalue weighted by atomic mass is 9.86. The molecule has 0 saturated heterocycles. The molecule has 0 aliphatic rings. The van der Waals surface area contributed by atoms with Crippen molar-refractivity contribution < 1.29 is 9.53 Å². The maximum Gasteiger partial charge on any atom is 0.407 e. The van der Waals surface area contributed by atoms with Crippen LogP contribution in [0.2, 0.25) is 0 Å². The fraction of sp³-hybridized carbons (Fsp3) is 0.909. The van der Waals surface area contributed by atoms with Crippen LogP contribution in [0.1, 0.15) is 41.5 Å². The van der Waals surface area contributed by atoms with Gasteiger partial charge in [0.25, 0.3) is 0 Å². The first-order valence-corrected chi connectivity index (χ1v) is 5.27. The number of carbonyl (C=O) groups is 1. The van der Waals surface area contributed by atoms with Crippen LogP contribution in [0.15, 0.2) is 0 Å². The molecule has 1 amide bonds. The fourth-order valence-electron chi connectivity index (χ4n) is 0.775. The molecule has 1 atom stereocenters. The maximum atomic E-state index is 11.4. The van der Waals surface area contributed by atoms with Crippen molar-refractivity contribution >= 4 is 6.09 Å². The van der Waals surface area contributed by atoms with Crippen molar-refractivity contribution in [2.75, 3.05) is 6.54 Å². The largest absolute Gasteiger partial charge is 0.444 e. The first-order valence-electron chi connectivity index (χ1n) is 5.27. The highest BCUT2D eigenvalue weighted by molar-refractivity contribution is 5.67. The van der Waals surface area contributed by atoms with Gasteiger partial charge < -0.3 is 15.8 Å². The van der Waals surface area contributed by atoms with Crippen LogP contribution in [0.5, 0.6) is 0 Å². The quantitative estimate of drug-likeness (QED) is 0.757. The minimum atomic E-state index is -0.456. The molecule has 0 heterocycles. The van der Waals surface area contributed by atoms with E-state index in [1.807, 2.05) is 41.5 Å². The molecule has 15 heavy (non-hydrogen) atoms. The van der Waals surface area contributed by atoms with Gasteiger partial charge in [-0.1, -0.05) is 13.8 Å². The zero-order chi connectivity index (χ0) is 12.3. The number of carbonyl (C=O) groups excluding carboxylic acids is 1. The molecule has 0 spiro atoms. The van der Waals surface area contributed by atoms with Crippen molar-refractivity contribution in [2.45, 2.75) is 53.2 Å². The van der Waals surface area contributed by atoms with E-state index >= 15 is 0 Å². The Morgan fingerprint density at radius 3 is 2.13 bits per heavy atom. The Labute approximate surface area is 92.6 Å². The minimum Gasteiger partial charge on any atom is -0.444 e. The van der Waals surface area contributed by atoms with Crippen LogP contribution >= 0.6 is 0 Å². The van der Waals surface area contributed by atoms with E-state index in [0.29, 0.717) is 6.54 Å². The molecule has 0 bridgehead atoms. The van der Waals surface area contributed by atoms with Crippen LogP contribution in [-0.2, 0) is 4.74 Å². The molecule has 0 rings (SSSR count). The van der Waals surface area contributed by atoms with E-state index in [2.05, 4.69) is 5.32 Å². The number of alkyl carbamates (subject to hydrolysis) is 1. The summed E-state index contributed by atoms with van der Waals surface area (Å²) >= 11 is 0. The molecule has 0 aromatic carbocycles. The van der Waals surface area contributed by atoms with Crippen molar-refractivity contribution in [3.05, 3.63) is 0 Å². The van der Waals surface area contributed by atoms with Gasteiger partial charge in [0, 0.05) is 12.6 Å². The van der Waals surface area contributed by atoms with Gasteiger partial charge in [0.2, 0.25) is 0 Å². The third kappa shape index (κ3) is 6.33. The Balaban J connectivity index is 4.02. The first kappa shape index (κ1) is 14.2. The lowest BCUT2D eigenvalue weighted by Gasteiger charge is -2.29. The molecule has 0 aromatic heterocycles. The number of nitrogens with two attached hydrogens (primary N) is 1. The molecule has 0 aliphatic heterocycles. The molecule has 0 radical (unpaired) electrons. The smallest absolute Gasteiger partial charge is 0.407 e. The second-order valence-electron chi connectivity index (χ2n) is 5.63. The van der Waals surface area contributed by atoms with Gasteiger partial charge in [-0.05, 0) is 33.1 Å². The maximum absolute atomic E-state index is 11.4. The van der Waals surface area contributed by atoms with E-state index in [-0.39, 0.29) is 11.5 Å². The SMILES string of the molecule is CC(N)C(C)(C)CNC(=O)OC(C)(C)C. The minimum absolute atomic E-state index is 0.0208. The summed E-state index contributed by atoms with van der Waals surface area (Å²) < 4.78 is 5.12. The van der Waals surface area contributed by atoms with Gasteiger partial charge in [0.05, 0.1) is 0 Å². The van der Waals surface area contributed by atoms with Gasteiger partial charge in [0.15, 0.2) is 0 Å². The molecule has 1 unspecified atom stereocenters. The first-order chi connectivity index (χ1) is 6.54. The standard InChI is InChI=1S/C11H24N2O2/c1-8(12)11(5,6)7-13-9(14)15-10(2,3)4/h8H,7,12H2,1-6H3,(H,13,14). The summed E-state index contributed by atoms with van der Waals surface area (Å²) in [4.78, 5) is 11.4. The van der Waals surface area contributed by atoms with Gasteiger partial charge in [0.1, 0.15) is 5.60 Å². The molecule has 90 valence electrons. The number of ether oxygens (including phenoxy) is 1. The summed E-state index contributed by atoms with van der Waals surface area (Å²) in [5.74, 6) is 0. The lowest BCUT2D eigenvalue weighted by Crippen LogP contribution is -2.45. The third-order valence-electron chi connectivity index (χ3n) is 2.32. The topological polar surface area (TPSA) is 64.3 Å². The number of rotatable bonds is 3.